The fraction of sp³-hybridized carbons (Fsp3) is 0.533. The maximum Gasteiger partial charge on any atom is 0.303 e. The molecule has 122 valence electrons. The van der Waals surface area contributed by atoms with Gasteiger partial charge in [-0.1, -0.05) is 18.2 Å². The van der Waals surface area contributed by atoms with Crippen molar-refractivity contribution in [2.45, 2.75) is 24.2 Å². The van der Waals surface area contributed by atoms with Crippen LogP contribution in [0.4, 0.5) is 0 Å². The van der Waals surface area contributed by atoms with Crippen LogP contribution in [0.5, 0.6) is 0 Å². The van der Waals surface area contributed by atoms with Crippen LogP contribution in [0.15, 0.2) is 35.2 Å². The number of rotatable bonds is 6. The fourth-order valence-electron chi connectivity index (χ4n) is 2.61. The van der Waals surface area contributed by atoms with Gasteiger partial charge < -0.3 is 10.0 Å². The van der Waals surface area contributed by atoms with E-state index in [1.165, 1.54) is 4.31 Å². The van der Waals surface area contributed by atoms with Gasteiger partial charge in [0.25, 0.3) is 0 Å². The topological polar surface area (TPSA) is 77.9 Å². The van der Waals surface area contributed by atoms with E-state index in [0.29, 0.717) is 37.5 Å². The molecule has 1 fully saturated rings. The zero-order valence-electron chi connectivity index (χ0n) is 12.5. The Morgan fingerprint density at radius 1 is 1.09 bits per heavy atom. The quantitative estimate of drug-likeness (QED) is 0.851. The molecule has 6 nitrogen and oxygen atoms in total. The van der Waals surface area contributed by atoms with Gasteiger partial charge in [-0.05, 0) is 38.1 Å². The molecule has 1 aromatic rings. The molecule has 22 heavy (non-hydrogen) atoms. The second-order valence-corrected chi connectivity index (χ2v) is 7.35. The largest absolute Gasteiger partial charge is 0.481 e. The lowest BCUT2D eigenvalue weighted by Gasteiger charge is -2.21. The Morgan fingerprint density at radius 2 is 1.82 bits per heavy atom. The molecule has 0 amide bonds. The average Bonchev–Trinajstić information content (AvgIpc) is 2.74. The van der Waals surface area contributed by atoms with Crippen LogP contribution < -0.4 is 0 Å². The van der Waals surface area contributed by atoms with Crippen LogP contribution in [0.3, 0.4) is 0 Å². The molecule has 1 aliphatic rings. The van der Waals surface area contributed by atoms with Crippen LogP contribution >= 0.6 is 0 Å². The van der Waals surface area contributed by atoms with Crippen LogP contribution in [0.2, 0.25) is 0 Å². The van der Waals surface area contributed by atoms with E-state index in [1.54, 1.807) is 30.3 Å². The second kappa shape index (κ2) is 7.71. The number of carbonyl (C=O) groups is 1. The Hall–Kier alpha value is -1.44. The normalized spacial score (nSPS) is 18.0. The van der Waals surface area contributed by atoms with Crippen molar-refractivity contribution >= 4 is 16.0 Å². The zero-order valence-corrected chi connectivity index (χ0v) is 13.3. The van der Waals surface area contributed by atoms with Gasteiger partial charge >= 0.3 is 5.97 Å². The molecule has 0 unspecified atom stereocenters. The van der Waals surface area contributed by atoms with Crippen molar-refractivity contribution in [2.75, 3.05) is 32.7 Å². The van der Waals surface area contributed by atoms with Crippen LogP contribution in [0.25, 0.3) is 0 Å². The van der Waals surface area contributed by atoms with Gasteiger partial charge in [-0.3, -0.25) is 4.79 Å². The molecule has 7 heteroatoms. The van der Waals surface area contributed by atoms with Crippen LogP contribution in [-0.2, 0) is 14.8 Å². The minimum absolute atomic E-state index is 0.155. The van der Waals surface area contributed by atoms with Crippen LogP contribution in [-0.4, -0.2) is 61.4 Å². The van der Waals surface area contributed by atoms with E-state index in [4.69, 9.17) is 5.11 Å². The molecule has 0 bridgehead atoms. The summed E-state index contributed by atoms with van der Waals surface area (Å²) in [4.78, 5) is 13.0. The molecule has 0 spiro atoms. The number of hydrogen-bond donors (Lipinski definition) is 1. The summed E-state index contributed by atoms with van der Waals surface area (Å²) >= 11 is 0. The van der Waals surface area contributed by atoms with E-state index in [0.717, 1.165) is 13.0 Å². The van der Waals surface area contributed by atoms with E-state index in [2.05, 4.69) is 4.90 Å². The summed E-state index contributed by atoms with van der Waals surface area (Å²) in [6, 6.07) is 8.48. The third-order valence-corrected chi connectivity index (χ3v) is 5.71. The average molecular weight is 326 g/mol. The summed E-state index contributed by atoms with van der Waals surface area (Å²) in [6.07, 6.45) is 1.52. The van der Waals surface area contributed by atoms with E-state index in [9.17, 15) is 13.2 Å². The summed E-state index contributed by atoms with van der Waals surface area (Å²) < 4.78 is 26.7. The van der Waals surface area contributed by atoms with Crippen molar-refractivity contribution in [3.05, 3.63) is 30.3 Å². The molecule has 1 aromatic carbocycles. The molecule has 1 heterocycles. The highest BCUT2D eigenvalue weighted by molar-refractivity contribution is 7.89. The molecule has 0 aromatic heterocycles. The summed E-state index contributed by atoms with van der Waals surface area (Å²) in [7, 11) is -3.43. The van der Waals surface area contributed by atoms with Crippen molar-refractivity contribution in [1.29, 1.82) is 0 Å². The van der Waals surface area contributed by atoms with E-state index in [-0.39, 0.29) is 6.42 Å². The van der Waals surface area contributed by atoms with Crippen LogP contribution in [0, 0.1) is 0 Å². The Kier molecular flexibility index (Phi) is 5.93. The first-order valence-corrected chi connectivity index (χ1v) is 8.93. The monoisotopic (exact) mass is 326 g/mol. The molecule has 2 rings (SSSR count). The van der Waals surface area contributed by atoms with Gasteiger partial charge in [0.1, 0.15) is 0 Å². The Morgan fingerprint density at radius 3 is 2.50 bits per heavy atom. The summed E-state index contributed by atoms with van der Waals surface area (Å²) in [6.45, 7) is 3.11. The highest BCUT2D eigenvalue weighted by atomic mass is 32.2. The van der Waals surface area contributed by atoms with E-state index >= 15 is 0 Å². The summed E-state index contributed by atoms with van der Waals surface area (Å²) in [5.41, 5.74) is 0. The first kappa shape index (κ1) is 16.9. The zero-order chi connectivity index (χ0) is 16.0. The smallest absolute Gasteiger partial charge is 0.303 e. The predicted octanol–water partition coefficient (Wildman–Crippen LogP) is 1.25. The Labute approximate surface area is 131 Å². The van der Waals surface area contributed by atoms with Gasteiger partial charge in [0.2, 0.25) is 10.0 Å². The highest BCUT2D eigenvalue weighted by Gasteiger charge is 2.26. The number of hydrogen-bond acceptors (Lipinski definition) is 4. The molecular formula is C15H22N2O4S. The Balaban J connectivity index is 1.94. The summed E-state index contributed by atoms with van der Waals surface area (Å²) in [5, 5.41) is 8.67. The standard InChI is InChI=1S/C15H22N2O4S/c18-15(19)8-4-9-16-10-5-11-17(13-12-16)22(20,21)14-6-2-1-3-7-14/h1-3,6-7H,4-5,8-13H2,(H,18,19). The lowest BCUT2D eigenvalue weighted by Crippen LogP contribution is -2.35. The molecule has 0 radical (unpaired) electrons. The minimum atomic E-state index is -3.43. The van der Waals surface area contributed by atoms with Gasteiger partial charge in [0.15, 0.2) is 0 Å². The van der Waals surface area contributed by atoms with Crippen molar-refractivity contribution in [3.8, 4) is 0 Å². The molecule has 0 atom stereocenters. The van der Waals surface area contributed by atoms with Crippen LogP contribution in [0.1, 0.15) is 19.3 Å². The third kappa shape index (κ3) is 4.53. The number of benzene rings is 1. The van der Waals surface area contributed by atoms with E-state index < -0.39 is 16.0 Å². The van der Waals surface area contributed by atoms with Crippen molar-refractivity contribution < 1.29 is 18.3 Å². The number of aliphatic carboxylic acids is 1. The number of carboxylic acids is 1. The molecule has 1 aliphatic heterocycles. The third-order valence-electron chi connectivity index (χ3n) is 3.79. The first-order chi connectivity index (χ1) is 10.5. The second-order valence-electron chi connectivity index (χ2n) is 5.41. The van der Waals surface area contributed by atoms with Gasteiger partial charge in [0.05, 0.1) is 4.90 Å². The van der Waals surface area contributed by atoms with Crippen molar-refractivity contribution in [2.24, 2.45) is 0 Å². The number of nitrogens with zero attached hydrogens (tertiary/aromatic N) is 2. The lowest BCUT2D eigenvalue weighted by molar-refractivity contribution is -0.137. The predicted molar refractivity (Wildman–Crippen MR) is 83.1 cm³/mol. The maximum absolute atomic E-state index is 12.6. The SMILES string of the molecule is O=C(O)CCCN1CCCN(S(=O)(=O)c2ccccc2)CC1. The highest BCUT2D eigenvalue weighted by Crippen LogP contribution is 2.17. The maximum atomic E-state index is 12.6. The number of sulfonamides is 1. The summed E-state index contributed by atoms with van der Waals surface area (Å²) in [5.74, 6) is -0.789. The molecular weight excluding hydrogens is 304 g/mol. The van der Waals surface area contributed by atoms with E-state index in [1.807, 2.05) is 0 Å². The Bertz CT molecular complexity index is 589. The minimum Gasteiger partial charge on any atom is -0.481 e. The van der Waals surface area contributed by atoms with Gasteiger partial charge in [-0.2, -0.15) is 4.31 Å². The van der Waals surface area contributed by atoms with Crippen molar-refractivity contribution in [1.82, 2.24) is 9.21 Å². The lowest BCUT2D eigenvalue weighted by atomic mass is 10.3. The molecule has 0 aliphatic carbocycles. The molecule has 1 saturated heterocycles. The molecule has 0 saturated carbocycles. The van der Waals surface area contributed by atoms with Gasteiger partial charge in [-0.15, -0.1) is 0 Å². The first-order valence-electron chi connectivity index (χ1n) is 7.49. The van der Waals surface area contributed by atoms with Gasteiger partial charge in [-0.25, -0.2) is 8.42 Å². The molecule has 1 N–H and O–H groups in total. The van der Waals surface area contributed by atoms with Gasteiger partial charge in [0, 0.05) is 26.1 Å². The van der Waals surface area contributed by atoms with Crippen molar-refractivity contribution in [3.63, 3.8) is 0 Å². The fourth-order valence-corrected chi connectivity index (χ4v) is 4.10. The number of carboxylic acid groups (broad SMARTS) is 1.